The number of carbonyl (C=O) groups excluding carboxylic acids is 2. The van der Waals surface area contributed by atoms with E-state index in [1.165, 1.54) is 30.0 Å². The number of aromatic nitrogens is 3. The third kappa shape index (κ3) is 9.15. The van der Waals surface area contributed by atoms with Gasteiger partial charge in [0.05, 0.1) is 12.4 Å². The summed E-state index contributed by atoms with van der Waals surface area (Å²) < 4.78 is 26.8. The molecule has 12 nitrogen and oxygen atoms in total. The highest BCUT2D eigenvalue weighted by Crippen LogP contribution is 2.47. The lowest BCUT2D eigenvalue weighted by molar-refractivity contribution is -0.136. The van der Waals surface area contributed by atoms with Crippen LogP contribution in [-0.2, 0) is 16.0 Å². The van der Waals surface area contributed by atoms with Crippen molar-refractivity contribution in [2.24, 2.45) is 0 Å². The van der Waals surface area contributed by atoms with Crippen LogP contribution in [0.4, 0.5) is 10.2 Å². The third-order valence-electron chi connectivity index (χ3n) is 10.8. The van der Waals surface area contributed by atoms with Crippen LogP contribution >= 0.6 is 0 Å². The highest BCUT2D eigenvalue weighted by Gasteiger charge is 2.33. The number of carbonyl (C=O) groups is 2. The van der Waals surface area contributed by atoms with E-state index < -0.39 is 17.5 Å². The second-order valence-electron chi connectivity index (χ2n) is 14.2. The largest absolute Gasteiger partial charge is 0.508 e. The molecule has 57 heavy (non-hydrogen) atoms. The quantitative estimate of drug-likeness (QED) is 0.150. The molecule has 298 valence electrons. The molecule has 13 heteroatoms. The summed E-state index contributed by atoms with van der Waals surface area (Å²) in [6, 6.07) is 24.9. The number of nitrogens with one attached hydrogen (secondary N) is 1. The number of piperazine rings is 1. The number of benzene rings is 3. The second kappa shape index (κ2) is 17.8. The van der Waals surface area contributed by atoms with Crippen LogP contribution in [-0.4, -0.2) is 75.9 Å². The fraction of sp³-hybridized carbons (Fsp3) is 0.341. The number of nitrogens with zero attached hydrogens (tertiary/aromatic N) is 5. The van der Waals surface area contributed by atoms with Crippen molar-refractivity contribution in [3.63, 3.8) is 0 Å². The van der Waals surface area contributed by atoms with E-state index in [0.717, 1.165) is 78.5 Å². The predicted octanol–water partition coefficient (Wildman–Crippen LogP) is 6.59. The van der Waals surface area contributed by atoms with Crippen LogP contribution in [0.1, 0.15) is 74.2 Å². The zero-order valence-corrected chi connectivity index (χ0v) is 30.1. The minimum absolute atomic E-state index is 0. The summed E-state index contributed by atoms with van der Waals surface area (Å²) in [5.41, 5.74) is 4.11. The zero-order valence-electron chi connectivity index (χ0n) is 30.1. The van der Waals surface area contributed by atoms with Crippen molar-refractivity contribution in [1.29, 1.82) is 0 Å². The molecule has 4 heterocycles. The number of aromatic hydroxyl groups is 1. The maximum absolute atomic E-state index is 13.8. The molecule has 0 saturated carbocycles. The van der Waals surface area contributed by atoms with Crippen molar-refractivity contribution in [2.75, 3.05) is 44.2 Å². The smallest absolute Gasteiger partial charge is 0.271 e. The van der Waals surface area contributed by atoms with Gasteiger partial charge in [-0.15, -0.1) is 0 Å². The lowest BCUT2D eigenvalue weighted by Gasteiger charge is -2.35. The molecule has 2 amide bonds. The van der Waals surface area contributed by atoms with Crippen LogP contribution in [0.2, 0.25) is 0 Å². The van der Waals surface area contributed by atoms with E-state index in [4.69, 9.17) is 9.47 Å². The Hall–Kier alpha value is -6.08. The summed E-state index contributed by atoms with van der Waals surface area (Å²) in [6.07, 6.45) is 5.09. The van der Waals surface area contributed by atoms with Crippen LogP contribution in [0.25, 0.3) is 0 Å². The van der Waals surface area contributed by atoms with E-state index in [2.05, 4.69) is 37.3 Å². The van der Waals surface area contributed by atoms with Gasteiger partial charge >= 0.3 is 0 Å². The normalized spacial score (nSPS) is 19.4. The van der Waals surface area contributed by atoms with Gasteiger partial charge in [0, 0.05) is 51.1 Å². The van der Waals surface area contributed by atoms with Crippen LogP contribution < -0.4 is 25.2 Å². The number of ether oxygens (including phenoxy) is 2. The highest BCUT2D eigenvalue weighted by molar-refractivity contribution is 5.99. The van der Waals surface area contributed by atoms with Crippen molar-refractivity contribution in [3.8, 4) is 23.0 Å². The number of halogens is 1. The molecule has 0 bridgehead atoms. The summed E-state index contributed by atoms with van der Waals surface area (Å²) in [6.45, 7) is 4.68. The van der Waals surface area contributed by atoms with Gasteiger partial charge in [-0.1, -0.05) is 45.2 Å². The van der Waals surface area contributed by atoms with Gasteiger partial charge in [-0.2, -0.15) is 5.10 Å². The maximum Gasteiger partial charge on any atom is 0.271 e. The molecule has 1 aliphatic carbocycles. The Bertz CT molecular complexity index is 2220. The molecule has 5 aromatic rings. The number of phenols is 1. The highest BCUT2D eigenvalue weighted by atomic mass is 19.1. The van der Waals surface area contributed by atoms with Crippen molar-refractivity contribution < 1.29 is 28.6 Å². The first-order chi connectivity index (χ1) is 26.8. The monoisotopic (exact) mass is 776 g/mol. The number of imide groups is 1. The third-order valence-corrected chi connectivity index (χ3v) is 10.8. The standard InChI is InChI=1S/C42H41FN6O6.2CH4/c43-30-6-1-27(2-7-30)35-12-5-29-23-31(50)8-13-36(29)41(35)28-3-9-32(10-4-28)54-22-21-47-17-19-48(20-18-47)38-15-11-33(25-44-38)55-34-24-40(52)49(45-26-34)37-14-16-39(51)46-42(37)53;;/h1-4,6-11,13,15,23-26,35,37,41,50H,5,12,14,16-22H2,(H,46,51,53);2*1H4/t35-,37?,41+;;/m0../s1. The number of phenolic OH excluding ortho intramolecular Hbond substituents is 1. The number of piperidine rings is 1. The van der Waals surface area contributed by atoms with Crippen LogP contribution in [0.15, 0.2) is 102 Å². The maximum atomic E-state index is 13.8. The molecule has 2 saturated heterocycles. The van der Waals surface area contributed by atoms with E-state index in [0.29, 0.717) is 12.4 Å². The minimum Gasteiger partial charge on any atom is -0.508 e. The predicted molar refractivity (Wildman–Crippen MR) is 216 cm³/mol. The topological polar surface area (TPSA) is 139 Å². The van der Waals surface area contributed by atoms with Gasteiger partial charge in [0.2, 0.25) is 5.91 Å². The van der Waals surface area contributed by atoms with Crippen LogP contribution in [0.5, 0.6) is 23.0 Å². The molecule has 0 radical (unpaired) electrons. The fourth-order valence-corrected chi connectivity index (χ4v) is 7.91. The number of pyridine rings is 1. The molecule has 2 aromatic heterocycles. The number of hydrogen-bond donors (Lipinski definition) is 2. The Kier molecular flexibility index (Phi) is 12.7. The molecular formula is C44H49FN6O6. The number of hydrogen-bond acceptors (Lipinski definition) is 10. The molecule has 1 unspecified atom stereocenters. The summed E-state index contributed by atoms with van der Waals surface area (Å²) in [4.78, 5) is 45.4. The summed E-state index contributed by atoms with van der Waals surface area (Å²) in [5.74, 6) is 1.70. The molecule has 0 spiro atoms. The van der Waals surface area contributed by atoms with E-state index in [-0.39, 0.29) is 62.8 Å². The fourth-order valence-electron chi connectivity index (χ4n) is 7.91. The number of rotatable bonds is 10. The Morgan fingerprint density at radius 2 is 1.53 bits per heavy atom. The van der Waals surface area contributed by atoms with Gasteiger partial charge in [-0.05, 0) is 96.0 Å². The van der Waals surface area contributed by atoms with Gasteiger partial charge in [-0.3, -0.25) is 24.6 Å². The van der Waals surface area contributed by atoms with E-state index in [1.54, 1.807) is 18.3 Å². The van der Waals surface area contributed by atoms with Crippen molar-refractivity contribution in [3.05, 3.63) is 136 Å². The molecule has 2 fully saturated rings. The number of amides is 2. The summed E-state index contributed by atoms with van der Waals surface area (Å²) >= 11 is 0. The van der Waals surface area contributed by atoms with Gasteiger partial charge in [0.25, 0.3) is 11.5 Å². The first-order valence-electron chi connectivity index (χ1n) is 18.6. The molecule has 3 atom stereocenters. The van der Waals surface area contributed by atoms with Gasteiger partial charge in [0.1, 0.15) is 41.5 Å². The second-order valence-corrected chi connectivity index (χ2v) is 14.2. The molecule has 2 aliphatic heterocycles. The number of aryl methyl sites for hydroxylation is 1. The SMILES string of the molecule is C.C.O=C1CCC(n2ncc(Oc3ccc(N4CCN(CCOc5ccc([C@H]6c7ccc(O)cc7CC[C@H]6c6ccc(F)cc6)cc5)CC4)nc3)cc2=O)C(=O)N1. The Labute approximate surface area is 331 Å². The van der Waals surface area contributed by atoms with Gasteiger partial charge in [0.15, 0.2) is 5.75 Å². The number of anilines is 1. The molecule has 3 aliphatic rings. The van der Waals surface area contributed by atoms with Gasteiger partial charge in [-0.25, -0.2) is 14.1 Å². The van der Waals surface area contributed by atoms with Crippen LogP contribution in [0, 0.1) is 5.82 Å². The lowest BCUT2D eigenvalue weighted by Crippen LogP contribution is -2.47. The summed E-state index contributed by atoms with van der Waals surface area (Å²) in [7, 11) is 0. The minimum atomic E-state index is -0.833. The van der Waals surface area contributed by atoms with Crippen molar-refractivity contribution in [1.82, 2.24) is 25.0 Å². The first kappa shape index (κ1) is 40.6. The number of fused-ring (bicyclic) bond motifs is 1. The summed E-state index contributed by atoms with van der Waals surface area (Å²) in [5, 5.41) is 16.5. The molecule has 8 rings (SSSR count). The lowest BCUT2D eigenvalue weighted by atomic mass is 9.69. The van der Waals surface area contributed by atoms with Gasteiger partial charge < -0.3 is 19.5 Å². The first-order valence-corrected chi connectivity index (χ1v) is 18.6. The molecule has 3 aromatic carbocycles. The Morgan fingerprint density at radius 3 is 2.23 bits per heavy atom. The van der Waals surface area contributed by atoms with E-state index in [9.17, 15) is 23.9 Å². The van der Waals surface area contributed by atoms with Crippen LogP contribution in [0.3, 0.4) is 0 Å². The molecule has 2 N–H and O–H groups in total. The van der Waals surface area contributed by atoms with E-state index in [1.807, 2.05) is 42.5 Å². The Balaban J connectivity index is 0.00000275. The van der Waals surface area contributed by atoms with E-state index >= 15 is 0 Å². The van der Waals surface area contributed by atoms with Crippen molar-refractivity contribution >= 4 is 17.6 Å². The zero-order chi connectivity index (χ0) is 37.9. The molecular weight excluding hydrogens is 728 g/mol. The van der Waals surface area contributed by atoms with Crippen molar-refractivity contribution in [2.45, 2.75) is 58.4 Å². The average molecular weight is 777 g/mol. The average Bonchev–Trinajstić information content (AvgIpc) is 3.19. The Morgan fingerprint density at radius 1 is 0.789 bits per heavy atom.